The predicted octanol–water partition coefficient (Wildman–Crippen LogP) is 2.56. The summed E-state index contributed by atoms with van der Waals surface area (Å²) in [5, 5.41) is 2.45. The van der Waals surface area contributed by atoms with Crippen molar-refractivity contribution in [2.24, 2.45) is 0 Å². The summed E-state index contributed by atoms with van der Waals surface area (Å²) in [6.07, 6.45) is 1.41. The van der Waals surface area contributed by atoms with E-state index in [9.17, 15) is 9.18 Å². The SMILES string of the molecule is Cc1occc1C(=O)Nc1ccc(N)cc1F. The second-order valence-corrected chi connectivity index (χ2v) is 3.58. The fourth-order valence-corrected chi connectivity index (χ4v) is 1.44. The smallest absolute Gasteiger partial charge is 0.259 e. The molecular weight excluding hydrogens is 223 g/mol. The molecule has 5 heteroatoms. The van der Waals surface area contributed by atoms with Crippen LogP contribution >= 0.6 is 0 Å². The Bertz CT molecular complexity index is 563. The van der Waals surface area contributed by atoms with Crippen molar-refractivity contribution >= 4 is 17.3 Å². The monoisotopic (exact) mass is 234 g/mol. The molecule has 1 heterocycles. The van der Waals surface area contributed by atoms with Gasteiger partial charge in [-0.15, -0.1) is 0 Å². The molecule has 1 aromatic heterocycles. The molecule has 0 unspecified atom stereocenters. The van der Waals surface area contributed by atoms with Gasteiger partial charge in [-0.05, 0) is 31.2 Å². The maximum absolute atomic E-state index is 13.4. The van der Waals surface area contributed by atoms with Gasteiger partial charge in [0.15, 0.2) is 0 Å². The van der Waals surface area contributed by atoms with Gasteiger partial charge in [0, 0.05) is 5.69 Å². The number of nitrogens with one attached hydrogen (secondary N) is 1. The number of halogens is 1. The van der Waals surface area contributed by atoms with Crippen LogP contribution in [0.1, 0.15) is 16.1 Å². The highest BCUT2D eigenvalue weighted by Gasteiger charge is 2.13. The van der Waals surface area contributed by atoms with Gasteiger partial charge in [0.25, 0.3) is 5.91 Å². The fraction of sp³-hybridized carbons (Fsp3) is 0.0833. The molecule has 2 aromatic rings. The van der Waals surface area contributed by atoms with Gasteiger partial charge in [-0.2, -0.15) is 0 Å². The van der Waals surface area contributed by atoms with Crippen LogP contribution in [0.3, 0.4) is 0 Å². The van der Waals surface area contributed by atoms with Gasteiger partial charge in [-0.3, -0.25) is 4.79 Å². The second-order valence-electron chi connectivity index (χ2n) is 3.58. The highest BCUT2D eigenvalue weighted by molar-refractivity contribution is 6.05. The third-order valence-electron chi connectivity index (χ3n) is 2.34. The molecule has 0 spiro atoms. The maximum atomic E-state index is 13.4. The average Bonchev–Trinajstić information content (AvgIpc) is 2.68. The number of amides is 1. The van der Waals surface area contributed by atoms with Gasteiger partial charge in [-0.1, -0.05) is 0 Å². The molecule has 0 aliphatic carbocycles. The summed E-state index contributed by atoms with van der Waals surface area (Å²) < 4.78 is 18.4. The number of hydrogen-bond acceptors (Lipinski definition) is 3. The molecule has 0 bridgehead atoms. The quantitative estimate of drug-likeness (QED) is 0.784. The molecule has 0 radical (unpaired) electrons. The van der Waals surface area contributed by atoms with Gasteiger partial charge in [0.1, 0.15) is 11.6 Å². The van der Waals surface area contributed by atoms with E-state index in [-0.39, 0.29) is 5.69 Å². The predicted molar refractivity (Wildman–Crippen MR) is 62.2 cm³/mol. The first-order chi connectivity index (χ1) is 8.08. The summed E-state index contributed by atoms with van der Waals surface area (Å²) in [4.78, 5) is 11.8. The lowest BCUT2D eigenvalue weighted by atomic mass is 10.2. The second kappa shape index (κ2) is 4.29. The van der Waals surface area contributed by atoms with E-state index in [0.29, 0.717) is 17.0 Å². The largest absolute Gasteiger partial charge is 0.469 e. The summed E-state index contributed by atoms with van der Waals surface area (Å²) >= 11 is 0. The number of furan rings is 1. The van der Waals surface area contributed by atoms with E-state index in [1.165, 1.54) is 24.5 Å². The summed E-state index contributed by atoms with van der Waals surface area (Å²) in [6, 6.07) is 5.61. The maximum Gasteiger partial charge on any atom is 0.259 e. The van der Waals surface area contributed by atoms with E-state index in [0.717, 1.165) is 6.07 Å². The molecule has 0 saturated carbocycles. The van der Waals surface area contributed by atoms with Crippen molar-refractivity contribution in [3.05, 3.63) is 47.7 Å². The summed E-state index contributed by atoms with van der Waals surface area (Å²) in [6.45, 7) is 1.66. The minimum atomic E-state index is -0.570. The van der Waals surface area contributed by atoms with Crippen LogP contribution in [0, 0.1) is 12.7 Å². The van der Waals surface area contributed by atoms with Crippen LogP contribution in [0.25, 0.3) is 0 Å². The van der Waals surface area contributed by atoms with Crippen molar-refractivity contribution < 1.29 is 13.6 Å². The van der Waals surface area contributed by atoms with E-state index in [1.54, 1.807) is 6.92 Å². The number of hydrogen-bond donors (Lipinski definition) is 2. The van der Waals surface area contributed by atoms with Crippen LogP contribution in [-0.2, 0) is 0 Å². The minimum absolute atomic E-state index is 0.0878. The molecule has 2 rings (SSSR count). The molecule has 3 N–H and O–H groups in total. The zero-order valence-electron chi connectivity index (χ0n) is 9.16. The van der Waals surface area contributed by atoms with Crippen LogP contribution < -0.4 is 11.1 Å². The Morgan fingerprint density at radius 1 is 1.41 bits per heavy atom. The highest BCUT2D eigenvalue weighted by atomic mass is 19.1. The highest BCUT2D eigenvalue weighted by Crippen LogP contribution is 2.18. The van der Waals surface area contributed by atoms with Gasteiger partial charge in [-0.25, -0.2) is 4.39 Å². The fourth-order valence-electron chi connectivity index (χ4n) is 1.44. The number of carbonyl (C=O) groups is 1. The molecule has 4 nitrogen and oxygen atoms in total. The minimum Gasteiger partial charge on any atom is -0.469 e. The van der Waals surface area contributed by atoms with E-state index in [2.05, 4.69) is 5.32 Å². The summed E-state index contributed by atoms with van der Waals surface area (Å²) in [7, 11) is 0. The first-order valence-electron chi connectivity index (χ1n) is 4.98. The van der Waals surface area contributed by atoms with Crippen LogP contribution in [0.5, 0.6) is 0 Å². The van der Waals surface area contributed by atoms with Crippen LogP contribution in [0.15, 0.2) is 34.9 Å². The van der Waals surface area contributed by atoms with Crippen molar-refractivity contribution in [1.82, 2.24) is 0 Å². The van der Waals surface area contributed by atoms with Crippen molar-refractivity contribution in [3.63, 3.8) is 0 Å². The molecule has 0 aliphatic rings. The average molecular weight is 234 g/mol. The lowest BCUT2D eigenvalue weighted by Gasteiger charge is -2.06. The van der Waals surface area contributed by atoms with Gasteiger partial charge in [0.2, 0.25) is 0 Å². The number of carbonyl (C=O) groups excluding carboxylic acids is 1. The third kappa shape index (κ3) is 2.28. The Kier molecular flexibility index (Phi) is 2.82. The zero-order chi connectivity index (χ0) is 12.4. The van der Waals surface area contributed by atoms with Crippen molar-refractivity contribution in [2.45, 2.75) is 6.92 Å². The number of nitrogens with two attached hydrogens (primary N) is 1. The van der Waals surface area contributed by atoms with E-state index in [1.807, 2.05) is 0 Å². The van der Waals surface area contributed by atoms with Crippen molar-refractivity contribution in [2.75, 3.05) is 11.1 Å². The first kappa shape index (κ1) is 11.2. The van der Waals surface area contributed by atoms with Crippen molar-refractivity contribution in [1.29, 1.82) is 0 Å². The van der Waals surface area contributed by atoms with Gasteiger partial charge in [0.05, 0.1) is 17.5 Å². The number of aryl methyl sites for hydroxylation is 1. The molecule has 1 amide bonds. The Hall–Kier alpha value is -2.30. The molecule has 0 fully saturated rings. The number of anilines is 2. The van der Waals surface area contributed by atoms with Crippen LogP contribution in [-0.4, -0.2) is 5.91 Å². The van der Waals surface area contributed by atoms with Crippen molar-refractivity contribution in [3.8, 4) is 0 Å². The molecular formula is C12H11FN2O2. The number of benzene rings is 1. The van der Waals surface area contributed by atoms with E-state index < -0.39 is 11.7 Å². The Balaban J connectivity index is 2.22. The Morgan fingerprint density at radius 3 is 2.76 bits per heavy atom. The summed E-state index contributed by atoms with van der Waals surface area (Å²) in [5.41, 5.74) is 6.18. The Morgan fingerprint density at radius 2 is 2.18 bits per heavy atom. The summed E-state index contributed by atoms with van der Waals surface area (Å²) in [5.74, 6) is -0.502. The van der Waals surface area contributed by atoms with Crippen LogP contribution in [0.4, 0.5) is 15.8 Å². The third-order valence-corrected chi connectivity index (χ3v) is 2.34. The van der Waals surface area contributed by atoms with E-state index >= 15 is 0 Å². The van der Waals surface area contributed by atoms with Gasteiger partial charge < -0.3 is 15.5 Å². The number of nitrogen functional groups attached to an aromatic ring is 1. The normalized spacial score (nSPS) is 10.2. The van der Waals surface area contributed by atoms with E-state index in [4.69, 9.17) is 10.2 Å². The zero-order valence-corrected chi connectivity index (χ0v) is 9.16. The molecule has 1 aromatic carbocycles. The first-order valence-corrected chi connectivity index (χ1v) is 4.98. The molecule has 17 heavy (non-hydrogen) atoms. The van der Waals surface area contributed by atoms with Crippen LogP contribution in [0.2, 0.25) is 0 Å². The molecule has 0 atom stereocenters. The van der Waals surface area contributed by atoms with Gasteiger partial charge >= 0.3 is 0 Å². The lowest BCUT2D eigenvalue weighted by molar-refractivity contribution is 0.102. The molecule has 0 aliphatic heterocycles. The number of rotatable bonds is 2. The molecule has 88 valence electrons. The molecule has 0 saturated heterocycles. The standard InChI is InChI=1S/C12H11FN2O2/c1-7-9(4-5-17-7)12(16)15-11-3-2-8(14)6-10(11)13/h2-6H,14H2,1H3,(H,15,16). The Labute approximate surface area is 97.2 Å². The lowest BCUT2D eigenvalue weighted by Crippen LogP contribution is -2.13. The topological polar surface area (TPSA) is 68.3 Å².